The van der Waals surface area contributed by atoms with E-state index >= 15 is 0 Å². The van der Waals surface area contributed by atoms with Gasteiger partial charge in [0, 0.05) is 29.1 Å². The molecule has 3 aromatic carbocycles. The molecule has 0 saturated heterocycles. The smallest absolute Gasteiger partial charge is 0.231 e. The molecular weight excluding hydrogens is 442 g/mol. The Kier molecular flexibility index (Phi) is 5.28. The van der Waals surface area contributed by atoms with Gasteiger partial charge in [-0.15, -0.1) is 11.3 Å². The second-order valence-electron chi connectivity index (χ2n) is 8.63. The average molecular weight is 466 g/mol. The number of nitrogens with zero attached hydrogens (tertiary/aromatic N) is 1. The Hall–Kier alpha value is -3.67. The molecular formula is C29H23NO3S. The summed E-state index contributed by atoms with van der Waals surface area (Å²) in [5, 5.41) is 2.09. The van der Waals surface area contributed by atoms with Crippen LogP contribution in [0.2, 0.25) is 0 Å². The number of hydrogen-bond acceptors (Lipinski definition) is 5. The summed E-state index contributed by atoms with van der Waals surface area (Å²) < 4.78 is 12.2. The van der Waals surface area contributed by atoms with E-state index in [2.05, 4.69) is 46.7 Å². The Balaban J connectivity index is 1.25. The van der Waals surface area contributed by atoms with Crippen LogP contribution in [0.4, 0.5) is 0 Å². The number of carbonyl (C=O) groups excluding carboxylic acids is 1. The van der Waals surface area contributed by atoms with E-state index in [4.69, 9.17) is 9.47 Å². The molecule has 0 bridgehead atoms. The monoisotopic (exact) mass is 465 g/mol. The van der Waals surface area contributed by atoms with Crippen LogP contribution in [0.1, 0.15) is 31.9 Å². The lowest BCUT2D eigenvalue weighted by Crippen LogP contribution is -2.31. The number of allylic oxidation sites excluding steroid dienone is 1. The number of ketones is 1. The third kappa shape index (κ3) is 3.83. The lowest BCUT2D eigenvalue weighted by Gasteiger charge is -2.30. The van der Waals surface area contributed by atoms with Crippen molar-refractivity contribution in [3.05, 3.63) is 111 Å². The van der Waals surface area contributed by atoms with Crippen molar-refractivity contribution < 1.29 is 14.3 Å². The lowest BCUT2D eigenvalue weighted by molar-refractivity contribution is 0.0886. The van der Waals surface area contributed by atoms with E-state index < -0.39 is 0 Å². The van der Waals surface area contributed by atoms with Gasteiger partial charge in [-0.25, -0.2) is 0 Å². The average Bonchev–Trinajstić information content (AvgIpc) is 3.49. The summed E-state index contributed by atoms with van der Waals surface area (Å²) >= 11 is 1.74. The number of fused-ring (bicyclic) bond motifs is 2. The highest BCUT2D eigenvalue weighted by Crippen LogP contribution is 2.43. The van der Waals surface area contributed by atoms with Crippen LogP contribution >= 0.6 is 11.3 Å². The maximum atomic E-state index is 13.2. The molecule has 0 aliphatic carbocycles. The quantitative estimate of drug-likeness (QED) is 0.315. The van der Waals surface area contributed by atoms with Gasteiger partial charge in [0.15, 0.2) is 5.76 Å². The molecule has 0 radical (unpaired) electrons. The van der Waals surface area contributed by atoms with Crippen LogP contribution in [0.15, 0.2) is 83.9 Å². The largest absolute Gasteiger partial charge is 0.477 e. The van der Waals surface area contributed by atoms with E-state index in [9.17, 15) is 4.79 Å². The molecule has 0 spiro atoms. The van der Waals surface area contributed by atoms with Gasteiger partial charge in [-0.2, -0.15) is 0 Å². The van der Waals surface area contributed by atoms with Gasteiger partial charge in [0.05, 0.1) is 5.56 Å². The zero-order valence-electron chi connectivity index (χ0n) is 18.8. The number of Topliss-reactive ketones (excluding diaryl/α,β-unsaturated/α-hetero) is 1. The topological polar surface area (TPSA) is 38.8 Å². The van der Waals surface area contributed by atoms with Crippen molar-refractivity contribution in [1.82, 2.24) is 4.90 Å². The molecule has 168 valence electrons. The lowest BCUT2D eigenvalue weighted by atomic mass is 9.99. The van der Waals surface area contributed by atoms with Crippen molar-refractivity contribution in [2.45, 2.75) is 20.0 Å². The van der Waals surface area contributed by atoms with Crippen molar-refractivity contribution in [2.75, 3.05) is 6.73 Å². The van der Waals surface area contributed by atoms with E-state index in [1.165, 1.54) is 4.88 Å². The molecule has 3 heterocycles. The van der Waals surface area contributed by atoms with Crippen molar-refractivity contribution in [3.8, 4) is 22.6 Å². The first-order valence-electron chi connectivity index (χ1n) is 11.3. The van der Waals surface area contributed by atoms with Crippen LogP contribution in [-0.4, -0.2) is 17.4 Å². The normalized spacial score (nSPS) is 16.1. The fraction of sp³-hybridized carbons (Fsp3) is 0.138. The minimum atomic E-state index is -0.0802. The molecule has 5 heteroatoms. The van der Waals surface area contributed by atoms with Crippen molar-refractivity contribution in [2.24, 2.45) is 0 Å². The van der Waals surface area contributed by atoms with Gasteiger partial charge in [-0.3, -0.25) is 9.69 Å². The Morgan fingerprint density at radius 1 is 0.971 bits per heavy atom. The van der Waals surface area contributed by atoms with Gasteiger partial charge in [0.2, 0.25) is 5.78 Å². The van der Waals surface area contributed by atoms with Gasteiger partial charge in [-0.1, -0.05) is 60.7 Å². The van der Waals surface area contributed by atoms with E-state index in [0.29, 0.717) is 23.8 Å². The maximum absolute atomic E-state index is 13.2. The minimum absolute atomic E-state index is 0.0802. The minimum Gasteiger partial charge on any atom is -0.477 e. The zero-order chi connectivity index (χ0) is 23.1. The second kappa shape index (κ2) is 8.60. The van der Waals surface area contributed by atoms with Gasteiger partial charge in [0.25, 0.3) is 0 Å². The number of benzene rings is 3. The number of rotatable bonds is 4. The predicted octanol–water partition coefficient (Wildman–Crippen LogP) is 6.69. The van der Waals surface area contributed by atoms with Crippen LogP contribution in [0.3, 0.4) is 0 Å². The standard InChI is InChI=1S/C29H23NO3S/c1-19-28-23(16-30(18-32-28)17-24-8-5-13-34-24)15-25-27(31)26(33-29(19)25)14-20-9-11-22(12-10-20)21-6-3-2-4-7-21/h2-15H,16-18H2,1H3/b26-14-. The highest BCUT2D eigenvalue weighted by Gasteiger charge is 2.33. The van der Waals surface area contributed by atoms with Crippen LogP contribution in [-0.2, 0) is 13.1 Å². The van der Waals surface area contributed by atoms with Gasteiger partial charge in [-0.05, 0) is 47.2 Å². The van der Waals surface area contributed by atoms with Crippen molar-refractivity contribution >= 4 is 23.2 Å². The first-order valence-corrected chi connectivity index (χ1v) is 12.2. The van der Waals surface area contributed by atoms with E-state index in [0.717, 1.165) is 46.7 Å². The Morgan fingerprint density at radius 2 is 1.76 bits per heavy atom. The van der Waals surface area contributed by atoms with Crippen molar-refractivity contribution in [1.29, 1.82) is 0 Å². The second-order valence-corrected chi connectivity index (χ2v) is 9.67. The number of thiophene rings is 1. The van der Waals surface area contributed by atoms with Gasteiger partial charge >= 0.3 is 0 Å². The first kappa shape index (κ1) is 20.9. The van der Waals surface area contributed by atoms with E-state index in [1.807, 2.05) is 49.4 Å². The van der Waals surface area contributed by atoms with Crippen LogP contribution in [0, 0.1) is 6.92 Å². The molecule has 6 rings (SSSR count). The Labute approximate surface area is 202 Å². The SMILES string of the molecule is Cc1c2c(cc3c1O/C(=C\c1ccc(-c4ccccc4)cc1)C3=O)CN(Cc1cccs1)CO2. The molecule has 4 aromatic rings. The number of hydrogen-bond donors (Lipinski definition) is 0. The summed E-state index contributed by atoms with van der Waals surface area (Å²) in [7, 11) is 0. The fourth-order valence-electron chi connectivity index (χ4n) is 4.57. The zero-order valence-corrected chi connectivity index (χ0v) is 19.6. The molecule has 1 aromatic heterocycles. The first-order chi connectivity index (χ1) is 16.7. The summed E-state index contributed by atoms with van der Waals surface area (Å²) in [4.78, 5) is 16.8. The molecule has 34 heavy (non-hydrogen) atoms. The fourth-order valence-corrected chi connectivity index (χ4v) is 5.32. The number of carbonyl (C=O) groups is 1. The summed E-state index contributed by atoms with van der Waals surface area (Å²) in [6.07, 6.45) is 1.82. The molecule has 4 nitrogen and oxygen atoms in total. The predicted molar refractivity (Wildman–Crippen MR) is 135 cm³/mol. The molecule has 0 fully saturated rings. The van der Waals surface area contributed by atoms with E-state index in [-0.39, 0.29) is 5.78 Å². The van der Waals surface area contributed by atoms with Crippen LogP contribution in [0.25, 0.3) is 17.2 Å². The van der Waals surface area contributed by atoms with Gasteiger partial charge in [0.1, 0.15) is 18.2 Å². The summed E-state index contributed by atoms with van der Waals surface area (Å²) in [5.41, 5.74) is 5.76. The molecule has 2 aliphatic rings. The molecule has 0 saturated carbocycles. The highest BCUT2D eigenvalue weighted by atomic mass is 32.1. The summed E-state index contributed by atoms with van der Waals surface area (Å²) in [6, 6.07) is 24.5. The maximum Gasteiger partial charge on any atom is 0.231 e. The Morgan fingerprint density at radius 3 is 2.53 bits per heavy atom. The third-order valence-electron chi connectivity index (χ3n) is 6.28. The molecule has 0 amide bonds. The highest BCUT2D eigenvalue weighted by molar-refractivity contribution is 7.09. The third-order valence-corrected chi connectivity index (χ3v) is 7.14. The number of ether oxygens (including phenoxy) is 2. The molecule has 2 aliphatic heterocycles. The van der Waals surface area contributed by atoms with E-state index in [1.54, 1.807) is 11.3 Å². The summed E-state index contributed by atoms with van der Waals surface area (Å²) in [6.45, 7) is 4.07. The molecule has 0 N–H and O–H groups in total. The Bertz CT molecular complexity index is 1390. The van der Waals surface area contributed by atoms with Gasteiger partial charge < -0.3 is 9.47 Å². The molecule has 0 unspecified atom stereocenters. The van der Waals surface area contributed by atoms with Crippen molar-refractivity contribution in [3.63, 3.8) is 0 Å². The summed E-state index contributed by atoms with van der Waals surface area (Å²) in [5.74, 6) is 1.72. The van der Waals surface area contributed by atoms with Crippen LogP contribution < -0.4 is 9.47 Å². The van der Waals surface area contributed by atoms with Crippen LogP contribution in [0.5, 0.6) is 11.5 Å². The molecule has 0 atom stereocenters.